The average molecular weight is 251 g/mol. The van der Waals surface area contributed by atoms with E-state index >= 15 is 0 Å². The van der Waals surface area contributed by atoms with Crippen LogP contribution in [-0.2, 0) is 6.54 Å². The Balaban J connectivity index is 2.03. The van der Waals surface area contributed by atoms with Crippen molar-refractivity contribution in [3.63, 3.8) is 0 Å². The summed E-state index contributed by atoms with van der Waals surface area (Å²) in [5.74, 6) is 0. The second-order valence-electron chi connectivity index (χ2n) is 4.08. The van der Waals surface area contributed by atoms with Gasteiger partial charge in [0.1, 0.15) is 0 Å². The molecular formula is C11H17N5S. The summed E-state index contributed by atoms with van der Waals surface area (Å²) in [4.78, 5) is 5.40. The zero-order chi connectivity index (χ0) is 12.3. The number of thiazole rings is 1. The highest BCUT2D eigenvalue weighted by Crippen LogP contribution is 2.15. The molecule has 2 N–H and O–H groups in total. The maximum absolute atomic E-state index is 5.99. The molecule has 2 heterocycles. The highest BCUT2D eigenvalue weighted by atomic mass is 32.1. The number of rotatable bonds is 5. The Morgan fingerprint density at radius 3 is 3.00 bits per heavy atom. The van der Waals surface area contributed by atoms with Gasteiger partial charge in [0.2, 0.25) is 0 Å². The first-order chi connectivity index (χ1) is 8.19. The molecule has 0 saturated heterocycles. The standard InChI is InChI=1S/C11H17N5S/c1-3-4-10(12)11-7-16(15-14-11)6-9-5-13-8(2)17-9/h5,7,10H,3-4,6,12H2,1-2H3/t10-/m1/s1. The minimum absolute atomic E-state index is 0.00283. The third kappa shape index (κ3) is 3.10. The van der Waals surface area contributed by atoms with Gasteiger partial charge in [0.05, 0.1) is 29.5 Å². The van der Waals surface area contributed by atoms with E-state index in [0.29, 0.717) is 0 Å². The molecule has 0 aliphatic heterocycles. The monoisotopic (exact) mass is 251 g/mol. The normalized spacial score (nSPS) is 12.9. The van der Waals surface area contributed by atoms with Crippen LogP contribution in [0.4, 0.5) is 0 Å². The summed E-state index contributed by atoms with van der Waals surface area (Å²) < 4.78 is 1.82. The van der Waals surface area contributed by atoms with Gasteiger partial charge in [0, 0.05) is 11.1 Å². The van der Waals surface area contributed by atoms with Gasteiger partial charge in [-0.15, -0.1) is 16.4 Å². The number of hydrogen-bond acceptors (Lipinski definition) is 5. The molecule has 17 heavy (non-hydrogen) atoms. The molecule has 0 aromatic carbocycles. The number of nitrogens with two attached hydrogens (primary N) is 1. The quantitative estimate of drug-likeness (QED) is 0.881. The molecule has 92 valence electrons. The van der Waals surface area contributed by atoms with Crippen LogP contribution in [0.15, 0.2) is 12.4 Å². The Labute approximate surface area is 105 Å². The summed E-state index contributed by atoms with van der Waals surface area (Å²) in [6.45, 7) is 4.83. The zero-order valence-corrected chi connectivity index (χ0v) is 10.9. The smallest absolute Gasteiger partial charge is 0.0994 e. The van der Waals surface area contributed by atoms with Crippen LogP contribution >= 0.6 is 11.3 Å². The van der Waals surface area contributed by atoms with E-state index < -0.39 is 0 Å². The van der Waals surface area contributed by atoms with Crippen molar-refractivity contribution in [2.75, 3.05) is 0 Å². The molecule has 0 bridgehead atoms. The number of aryl methyl sites for hydroxylation is 1. The summed E-state index contributed by atoms with van der Waals surface area (Å²) in [6, 6.07) is -0.00283. The lowest BCUT2D eigenvalue weighted by atomic mass is 10.1. The van der Waals surface area contributed by atoms with Crippen LogP contribution in [-0.4, -0.2) is 20.0 Å². The van der Waals surface area contributed by atoms with Gasteiger partial charge in [-0.2, -0.15) is 0 Å². The number of hydrogen-bond donors (Lipinski definition) is 1. The summed E-state index contributed by atoms with van der Waals surface area (Å²) >= 11 is 1.68. The fraction of sp³-hybridized carbons (Fsp3) is 0.545. The van der Waals surface area contributed by atoms with Gasteiger partial charge in [0.15, 0.2) is 0 Å². The lowest BCUT2D eigenvalue weighted by Gasteiger charge is -2.04. The molecule has 0 aliphatic rings. The van der Waals surface area contributed by atoms with Gasteiger partial charge in [-0.25, -0.2) is 9.67 Å². The Morgan fingerprint density at radius 1 is 1.53 bits per heavy atom. The second-order valence-corrected chi connectivity index (χ2v) is 5.40. The van der Waals surface area contributed by atoms with Crippen LogP contribution < -0.4 is 5.73 Å². The van der Waals surface area contributed by atoms with Gasteiger partial charge in [-0.3, -0.25) is 0 Å². The van der Waals surface area contributed by atoms with Crippen LogP contribution in [0.3, 0.4) is 0 Å². The molecule has 0 spiro atoms. The van der Waals surface area contributed by atoms with Gasteiger partial charge in [0.25, 0.3) is 0 Å². The van der Waals surface area contributed by atoms with Crippen molar-refractivity contribution in [1.29, 1.82) is 0 Å². The van der Waals surface area contributed by atoms with E-state index in [1.165, 1.54) is 4.88 Å². The van der Waals surface area contributed by atoms with Crippen molar-refractivity contribution < 1.29 is 0 Å². The molecule has 2 rings (SSSR count). The van der Waals surface area contributed by atoms with Crippen LogP contribution in [0.2, 0.25) is 0 Å². The predicted molar refractivity (Wildman–Crippen MR) is 67.8 cm³/mol. The highest BCUT2D eigenvalue weighted by molar-refractivity contribution is 7.11. The minimum Gasteiger partial charge on any atom is -0.323 e. The first-order valence-corrected chi connectivity index (χ1v) is 6.57. The second kappa shape index (κ2) is 5.37. The first-order valence-electron chi connectivity index (χ1n) is 5.76. The topological polar surface area (TPSA) is 69.6 Å². The van der Waals surface area contributed by atoms with Gasteiger partial charge >= 0.3 is 0 Å². The van der Waals surface area contributed by atoms with Crippen LogP contribution in [0.5, 0.6) is 0 Å². The molecule has 0 radical (unpaired) electrons. The molecule has 1 atom stereocenters. The molecule has 2 aromatic rings. The highest BCUT2D eigenvalue weighted by Gasteiger charge is 2.10. The minimum atomic E-state index is -0.00283. The fourth-order valence-corrected chi connectivity index (χ4v) is 2.44. The first kappa shape index (κ1) is 12.2. The van der Waals surface area contributed by atoms with Crippen molar-refractivity contribution >= 4 is 11.3 Å². The largest absolute Gasteiger partial charge is 0.323 e. The van der Waals surface area contributed by atoms with E-state index in [0.717, 1.165) is 30.1 Å². The summed E-state index contributed by atoms with van der Waals surface area (Å²) in [6.07, 6.45) is 5.81. The van der Waals surface area contributed by atoms with Crippen LogP contribution in [0, 0.1) is 6.92 Å². The molecule has 6 heteroatoms. The Morgan fingerprint density at radius 2 is 2.35 bits per heavy atom. The number of aromatic nitrogens is 4. The molecule has 5 nitrogen and oxygen atoms in total. The van der Waals surface area contributed by atoms with E-state index in [1.54, 1.807) is 11.3 Å². The zero-order valence-electron chi connectivity index (χ0n) is 10.1. The van der Waals surface area contributed by atoms with E-state index in [4.69, 9.17) is 5.73 Å². The van der Waals surface area contributed by atoms with E-state index in [1.807, 2.05) is 24.0 Å². The predicted octanol–water partition coefficient (Wildman–Crippen LogP) is 1.89. The van der Waals surface area contributed by atoms with Crippen molar-refractivity contribution in [2.45, 2.75) is 39.3 Å². The van der Waals surface area contributed by atoms with Gasteiger partial charge in [-0.05, 0) is 13.3 Å². The van der Waals surface area contributed by atoms with E-state index in [9.17, 15) is 0 Å². The Hall–Kier alpha value is -1.27. The molecule has 2 aromatic heterocycles. The third-order valence-electron chi connectivity index (χ3n) is 2.52. The average Bonchev–Trinajstić information content (AvgIpc) is 2.89. The lowest BCUT2D eigenvalue weighted by molar-refractivity contribution is 0.617. The lowest BCUT2D eigenvalue weighted by Crippen LogP contribution is -2.10. The molecule has 0 unspecified atom stereocenters. The molecule has 0 aliphatic carbocycles. The summed E-state index contributed by atoms with van der Waals surface area (Å²) in [7, 11) is 0. The van der Waals surface area contributed by atoms with Crippen LogP contribution in [0.1, 0.15) is 41.4 Å². The summed E-state index contributed by atoms with van der Waals surface area (Å²) in [5, 5.41) is 9.27. The maximum Gasteiger partial charge on any atom is 0.0994 e. The SMILES string of the molecule is CCC[C@@H](N)c1cn(Cc2cnc(C)s2)nn1. The maximum atomic E-state index is 5.99. The number of nitrogens with zero attached hydrogens (tertiary/aromatic N) is 4. The van der Waals surface area contributed by atoms with Crippen molar-refractivity contribution in [2.24, 2.45) is 5.73 Å². The van der Waals surface area contributed by atoms with Crippen LogP contribution in [0.25, 0.3) is 0 Å². The van der Waals surface area contributed by atoms with Gasteiger partial charge < -0.3 is 5.73 Å². The fourth-order valence-electron chi connectivity index (χ4n) is 1.66. The van der Waals surface area contributed by atoms with E-state index in [2.05, 4.69) is 22.2 Å². The van der Waals surface area contributed by atoms with E-state index in [-0.39, 0.29) is 6.04 Å². The van der Waals surface area contributed by atoms with Crippen molar-refractivity contribution in [3.05, 3.63) is 28.0 Å². The molecule has 0 fully saturated rings. The molecule has 0 amide bonds. The Kier molecular flexibility index (Phi) is 3.86. The molecule has 0 saturated carbocycles. The van der Waals surface area contributed by atoms with Crippen molar-refractivity contribution in [1.82, 2.24) is 20.0 Å². The van der Waals surface area contributed by atoms with Crippen molar-refractivity contribution in [3.8, 4) is 0 Å². The summed E-state index contributed by atoms with van der Waals surface area (Å²) in [5.41, 5.74) is 6.86. The molecular weight excluding hydrogens is 234 g/mol. The van der Waals surface area contributed by atoms with Gasteiger partial charge in [-0.1, -0.05) is 18.6 Å². The Bertz CT molecular complexity index is 476. The third-order valence-corrected chi connectivity index (χ3v) is 3.42.